The Morgan fingerprint density at radius 3 is 2.88 bits per heavy atom. The summed E-state index contributed by atoms with van der Waals surface area (Å²) in [6.07, 6.45) is 3.53. The second-order valence-electron chi connectivity index (χ2n) is 5.13. The van der Waals surface area contributed by atoms with Gasteiger partial charge in [0.2, 0.25) is 0 Å². The molecule has 0 bridgehead atoms. The van der Waals surface area contributed by atoms with Crippen molar-refractivity contribution < 1.29 is 9.53 Å². The van der Waals surface area contributed by atoms with Crippen LogP contribution in [0.1, 0.15) is 33.1 Å². The summed E-state index contributed by atoms with van der Waals surface area (Å²) in [5.41, 5.74) is -0.436. The summed E-state index contributed by atoms with van der Waals surface area (Å²) in [5, 5.41) is 6.85. The van der Waals surface area contributed by atoms with Gasteiger partial charge < -0.3 is 15.4 Å². The van der Waals surface area contributed by atoms with E-state index in [1.54, 1.807) is 0 Å². The number of methoxy groups -OCH3 is 1. The molecule has 1 fully saturated rings. The highest BCUT2D eigenvalue weighted by Crippen LogP contribution is 2.16. The molecule has 0 radical (unpaired) electrons. The molecule has 0 aromatic carbocycles. The first kappa shape index (κ1) is 13.5. The minimum absolute atomic E-state index is 0.147. The Balaban J connectivity index is 2.34. The summed E-state index contributed by atoms with van der Waals surface area (Å²) in [6.45, 7) is 6.70. The Kier molecular flexibility index (Phi) is 5.22. The highest BCUT2D eigenvalue weighted by Gasteiger charge is 2.29. The minimum atomic E-state index is -0.436. The molecule has 1 aliphatic heterocycles. The molecular weight excluding hydrogens is 204 g/mol. The maximum atomic E-state index is 11.5. The van der Waals surface area contributed by atoms with Crippen LogP contribution in [0.25, 0.3) is 0 Å². The molecule has 16 heavy (non-hydrogen) atoms. The van der Waals surface area contributed by atoms with Crippen molar-refractivity contribution in [1.29, 1.82) is 0 Å². The first-order valence-electron chi connectivity index (χ1n) is 6.09. The van der Waals surface area contributed by atoms with Gasteiger partial charge in [-0.3, -0.25) is 4.79 Å². The molecular formula is C12H24N2O2. The monoisotopic (exact) mass is 228 g/mol. The van der Waals surface area contributed by atoms with E-state index in [2.05, 4.69) is 10.6 Å². The van der Waals surface area contributed by atoms with Crippen LogP contribution in [-0.2, 0) is 9.53 Å². The summed E-state index contributed by atoms with van der Waals surface area (Å²) < 4.78 is 4.79. The number of hydrogen-bond donors (Lipinski definition) is 2. The lowest BCUT2D eigenvalue weighted by atomic mass is 9.93. The lowest BCUT2D eigenvalue weighted by Gasteiger charge is -2.25. The van der Waals surface area contributed by atoms with Crippen molar-refractivity contribution in [3.63, 3.8) is 0 Å². The average molecular weight is 228 g/mol. The van der Waals surface area contributed by atoms with E-state index in [9.17, 15) is 4.79 Å². The molecule has 0 aliphatic carbocycles. The van der Waals surface area contributed by atoms with Gasteiger partial charge in [0, 0.05) is 12.6 Å². The van der Waals surface area contributed by atoms with Crippen molar-refractivity contribution in [2.75, 3.05) is 26.7 Å². The zero-order valence-corrected chi connectivity index (χ0v) is 10.6. The van der Waals surface area contributed by atoms with Gasteiger partial charge in [0.1, 0.15) is 0 Å². The fourth-order valence-electron chi connectivity index (χ4n) is 1.97. The van der Waals surface area contributed by atoms with E-state index in [1.165, 1.54) is 20.0 Å². The normalized spacial score (nSPS) is 22.6. The Labute approximate surface area is 98.1 Å². The SMILES string of the molecule is COC(=O)C(C)(C)CNC1CCCNCC1. The fourth-order valence-corrected chi connectivity index (χ4v) is 1.97. The zero-order chi connectivity index (χ0) is 12.0. The first-order chi connectivity index (χ1) is 7.56. The third-order valence-electron chi connectivity index (χ3n) is 3.15. The molecule has 0 saturated carbocycles. The smallest absolute Gasteiger partial charge is 0.312 e. The van der Waals surface area contributed by atoms with Gasteiger partial charge in [0.15, 0.2) is 0 Å². The van der Waals surface area contributed by atoms with Gasteiger partial charge >= 0.3 is 5.97 Å². The van der Waals surface area contributed by atoms with Crippen LogP contribution in [0, 0.1) is 5.41 Å². The van der Waals surface area contributed by atoms with Crippen LogP contribution in [0.3, 0.4) is 0 Å². The van der Waals surface area contributed by atoms with Crippen LogP contribution in [0.5, 0.6) is 0 Å². The molecule has 1 unspecified atom stereocenters. The average Bonchev–Trinajstić information content (AvgIpc) is 2.53. The van der Waals surface area contributed by atoms with Crippen molar-refractivity contribution in [1.82, 2.24) is 10.6 Å². The van der Waals surface area contributed by atoms with E-state index < -0.39 is 5.41 Å². The van der Waals surface area contributed by atoms with Crippen molar-refractivity contribution in [3.8, 4) is 0 Å². The predicted octanol–water partition coefficient (Wildman–Crippen LogP) is 0.917. The van der Waals surface area contributed by atoms with Gasteiger partial charge in [-0.1, -0.05) is 0 Å². The largest absolute Gasteiger partial charge is 0.469 e. The number of ether oxygens (including phenoxy) is 1. The van der Waals surface area contributed by atoms with Crippen molar-refractivity contribution in [3.05, 3.63) is 0 Å². The van der Waals surface area contributed by atoms with Gasteiger partial charge in [0.05, 0.1) is 12.5 Å². The van der Waals surface area contributed by atoms with Crippen LogP contribution in [-0.4, -0.2) is 38.8 Å². The summed E-state index contributed by atoms with van der Waals surface area (Å²) in [4.78, 5) is 11.5. The minimum Gasteiger partial charge on any atom is -0.469 e. The van der Waals surface area contributed by atoms with E-state index in [4.69, 9.17) is 4.74 Å². The summed E-state index contributed by atoms with van der Waals surface area (Å²) in [7, 11) is 1.44. The molecule has 0 aromatic rings. The summed E-state index contributed by atoms with van der Waals surface area (Å²) in [6, 6.07) is 0.527. The fraction of sp³-hybridized carbons (Fsp3) is 0.917. The molecule has 0 amide bonds. The van der Waals surface area contributed by atoms with E-state index in [1.807, 2.05) is 13.8 Å². The Hall–Kier alpha value is -0.610. The molecule has 94 valence electrons. The van der Waals surface area contributed by atoms with E-state index >= 15 is 0 Å². The van der Waals surface area contributed by atoms with E-state index in [-0.39, 0.29) is 5.97 Å². The van der Waals surface area contributed by atoms with Crippen LogP contribution in [0.4, 0.5) is 0 Å². The van der Waals surface area contributed by atoms with Crippen LogP contribution in [0.2, 0.25) is 0 Å². The van der Waals surface area contributed by atoms with Gasteiger partial charge in [-0.2, -0.15) is 0 Å². The maximum Gasteiger partial charge on any atom is 0.312 e. The Morgan fingerprint density at radius 2 is 2.19 bits per heavy atom. The molecule has 4 heteroatoms. The van der Waals surface area contributed by atoms with Crippen LogP contribution in [0.15, 0.2) is 0 Å². The third kappa shape index (κ3) is 4.10. The van der Waals surface area contributed by atoms with Crippen LogP contribution >= 0.6 is 0 Å². The highest BCUT2D eigenvalue weighted by molar-refractivity contribution is 5.76. The second-order valence-corrected chi connectivity index (χ2v) is 5.13. The molecule has 0 spiro atoms. The first-order valence-corrected chi connectivity index (χ1v) is 6.09. The molecule has 1 aliphatic rings. The Morgan fingerprint density at radius 1 is 1.44 bits per heavy atom. The molecule has 2 N–H and O–H groups in total. The molecule has 1 heterocycles. The number of carbonyl (C=O) groups excluding carboxylic acids is 1. The number of nitrogens with one attached hydrogen (secondary N) is 2. The molecule has 4 nitrogen and oxygen atoms in total. The lowest BCUT2D eigenvalue weighted by Crippen LogP contribution is -2.41. The number of carbonyl (C=O) groups is 1. The van der Waals surface area contributed by atoms with Crippen molar-refractivity contribution >= 4 is 5.97 Å². The van der Waals surface area contributed by atoms with Crippen LogP contribution < -0.4 is 10.6 Å². The quantitative estimate of drug-likeness (QED) is 0.703. The highest BCUT2D eigenvalue weighted by atomic mass is 16.5. The van der Waals surface area contributed by atoms with Gasteiger partial charge in [-0.25, -0.2) is 0 Å². The number of hydrogen-bond acceptors (Lipinski definition) is 4. The summed E-state index contributed by atoms with van der Waals surface area (Å²) >= 11 is 0. The molecule has 1 atom stereocenters. The number of esters is 1. The van der Waals surface area contributed by atoms with Gasteiger partial charge in [-0.05, 0) is 46.2 Å². The maximum absolute atomic E-state index is 11.5. The number of rotatable bonds is 4. The lowest BCUT2D eigenvalue weighted by molar-refractivity contribution is -0.150. The van der Waals surface area contributed by atoms with Gasteiger partial charge in [0.25, 0.3) is 0 Å². The van der Waals surface area contributed by atoms with E-state index in [0.717, 1.165) is 19.5 Å². The predicted molar refractivity (Wildman–Crippen MR) is 64.3 cm³/mol. The zero-order valence-electron chi connectivity index (χ0n) is 10.6. The topological polar surface area (TPSA) is 50.4 Å². The molecule has 1 saturated heterocycles. The molecule has 1 rings (SSSR count). The third-order valence-corrected chi connectivity index (χ3v) is 3.15. The Bertz CT molecular complexity index is 221. The van der Waals surface area contributed by atoms with E-state index in [0.29, 0.717) is 12.6 Å². The summed E-state index contributed by atoms with van der Waals surface area (Å²) in [5.74, 6) is -0.147. The standard InChI is InChI=1S/C12H24N2O2/c1-12(2,11(15)16-3)9-14-10-5-4-7-13-8-6-10/h10,13-14H,4-9H2,1-3H3. The molecule has 0 aromatic heterocycles. The van der Waals surface area contributed by atoms with Crippen molar-refractivity contribution in [2.24, 2.45) is 5.41 Å². The second kappa shape index (κ2) is 6.21. The van der Waals surface area contributed by atoms with Gasteiger partial charge in [-0.15, -0.1) is 0 Å². The van der Waals surface area contributed by atoms with Crippen molar-refractivity contribution in [2.45, 2.75) is 39.2 Å².